The molecule has 1 unspecified atom stereocenters. The number of rotatable bonds is 5. The summed E-state index contributed by atoms with van der Waals surface area (Å²) in [6.07, 6.45) is 2.37. The molecule has 1 atom stereocenters. The summed E-state index contributed by atoms with van der Waals surface area (Å²) in [5, 5.41) is 2.57. The fourth-order valence-corrected chi connectivity index (χ4v) is 3.70. The van der Waals surface area contributed by atoms with Gasteiger partial charge in [0, 0.05) is 43.7 Å². The van der Waals surface area contributed by atoms with Crippen LogP contribution in [0.2, 0.25) is 0 Å². The summed E-state index contributed by atoms with van der Waals surface area (Å²) >= 11 is 0. The van der Waals surface area contributed by atoms with E-state index in [9.17, 15) is 14.0 Å². The molecule has 0 aliphatic carbocycles. The first-order valence-corrected chi connectivity index (χ1v) is 9.65. The van der Waals surface area contributed by atoms with E-state index in [4.69, 9.17) is 0 Å². The molecule has 1 N–H and O–H groups in total. The normalized spacial score (nSPS) is 16.7. The van der Waals surface area contributed by atoms with Crippen molar-refractivity contribution in [1.29, 1.82) is 0 Å². The Morgan fingerprint density at radius 1 is 1.29 bits per heavy atom. The number of halogens is 1. The van der Waals surface area contributed by atoms with Gasteiger partial charge in [-0.2, -0.15) is 0 Å². The van der Waals surface area contributed by atoms with Crippen LogP contribution >= 0.6 is 0 Å². The number of likely N-dealkylation sites (tertiary alicyclic amines) is 1. The van der Waals surface area contributed by atoms with Crippen molar-refractivity contribution in [3.63, 3.8) is 0 Å². The van der Waals surface area contributed by atoms with Gasteiger partial charge in [-0.1, -0.05) is 18.2 Å². The summed E-state index contributed by atoms with van der Waals surface area (Å²) in [6, 6.07) is 10.8. The smallest absolute Gasteiger partial charge is 0.241 e. The highest BCUT2D eigenvalue weighted by Crippen LogP contribution is 2.27. The SMILES string of the molecule is CC(=O)NCC(=O)N1CCCC(c2cc(Cc3ccccc3F)cc(C)n2)C1. The summed E-state index contributed by atoms with van der Waals surface area (Å²) in [5.41, 5.74) is 3.53. The number of amides is 2. The topological polar surface area (TPSA) is 62.3 Å². The number of hydrogen-bond donors (Lipinski definition) is 1. The van der Waals surface area contributed by atoms with Gasteiger partial charge in [0.1, 0.15) is 5.82 Å². The third-order valence-electron chi connectivity index (χ3n) is 5.07. The van der Waals surface area contributed by atoms with Gasteiger partial charge in [-0.3, -0.25) is 14.6 Å². The third-order valence-corrected chi connectivity index (χ3v) is 5.07. The largest absolute Gasteiger partial charge is 0.347 e. The van der Waals surface area contributed by atoms with E-state index in [0.29, 0.717) is 25.1 Å². The first kappa shape index (κ1) is 20.0. The molecular weight excluding hydrogens is 357 g/mol. The van der Waals surface area contributed by atoms with Crippen molar-refractivity contribution in [2.24, 2.45) is 0 Å². The minimum absolute atomic E-state index is 0.0296. The molecule has 2 heterocycles. The van der Waals surface area contributed by atoms with Gasteiger partial charge in [0.2, 0.25) is 11.8 Å². The van der Waals surface area contributed by atoms with Crippen LogP contribution in [0.25, 0.3) is 0 Å². The zero-order chi connectivity index (χ0) is 20.1. The predicted octanol–water partition coefficient (Wildman–Crippen LogP) is 2.96. The molecule has 0 bridgehead atoms. The number of carbonyl (C=O) groups is 2. The molecule has 1 aromatic carbocycles. The number of hydrogen-bond acceptors (Lipinski definition) is 3. The summed E-state index contributed by atoms with van der Waals surface area (Å²) in [5.74, 6) is -0.334. The van der Waals surface area contributed by atoms with Crippen molar-refractivity contribution in [2.45, 2.75) is 39.0 Å². The number of carbonyl (C=O) groups excluding carboxylic acids is 2. The summed E-state index contributed by atoms with van der Waals surface area (Å²) in [4.78, 5) is 29.9. The quantitative estimate of drug-likeness (QED) is 0.863. The maximum Gasteiger partial charge on any atom is 0.241 e. The molecule has 2 aromatic rings. The van der Waals surface area contributed by atoms with Gasteiger partial charge in [-0.25, -0.2) is 4.39 Å². The van der Waals surface area contributed by atoms with Crippen LogP contribution in [0.4, 0.5) is 4.39 Å². The van der Waals surface area contributed by atoms with Gasteiger partial charge in [-0.15, -0.1) is 0 Å². The molecule has 0 spiro atoms. The van der Waals surface area contributed by atoms with E-state index in [1.165, 1.54) is 13.0 Å². The maximum atomic E-state index is 14.0. The van der Waals surface area contributed by atoms with Gasteiger partial charge >= 0.3 is 0 Å². The van der Waals surface area contributed by atoms with Gasteiger partial charge < -0.3 is 10.2 Å². The Kier molecular flexibility index (Phi) is 6.39. The van der Waals surface area contributed by atoms with Crippen molar-refractivity contribution in [3.8, 4) is 0 Å². The molecule has 1 aliphatic rings. The molecule has 0 saturated carbocycles. The number of benzene rings is 1. The van der Waals surface area contributed by atoms with E-state index < -0.39 is 0 Å². The molecule has 1 fully saturated rings. The van der Waals surface area contributed by atoms with E-state index in [1.54, 1.807) is 17.0 Å². The van der Waals surface area contributed by atoms with E-state index in [-0.39, 0.29) is 30.1 Å². The first-order valence-electron chi connectivity index (χ1n) is 9.65. The summed E-state index contributed by atoms with van der Waals surface area (Å²) < 4.78 is 14.0. The van der Waals surface area contributed by atoms with Crippen LogP contribution in [-0.2, 0) is 16.0 Å². The summed E-state index contributed by atoms with van der Waals surface area (Å²) in [7, 11) is 0. The fraction of sp³-hybridized carbons (Fsp3) is 0.409. The Bertz CT molecular complexity index is 869. The van der Waals surface area contributed by atoms with Crippen LogP contribution in [0.15, 0.2) is 36.4 Å². The number of nitrogens with zero attached hydrogens (tertiary/aromatic N) is 2. The van der Waals surface area contributed by atoms with E-state index >= 15 is 0 Å². The van der Waals surface area contributed by atoms with Crippen LogP contribution < -0.4 is 5.32 Å². The lowest BCUT2D eigenvalue weighted by atomic mass is 9.92. The average Bonchev–Trinajstić information content (AvgIpc) is 2.67. The van der Waals surface area contributed by atoms with Crippen LogP contribution in [0, 0.1) is 12.7 Å². The molecule has 0 radical (unpaired) electrons. The number of pyridine rings is 1. The molecule has 1 saturated heterocycles. The minimum atomic E-state index is -0.208. The molecule has 28 heavy (non-hydrogen) atoms. The lowest BCUT2D eigenvalue weighted by Gasteiger charge is -2.33. The average molecular weight is 383 g/mol. The molecule has 1 aromatic heterocycles. The second-order valence-electron chi connectivity index (χ2n) is 7.40. The van der Waals surface area contributed by atoms with Crippen molar-refractivity contribution < 1.29 is 14.0 Å². The zero-order valence-electron chi connectivity index (χ0n) is 16.4. The Hall–Kier alpha value is -2.76. The number of piperidine rings is 1. The van der Waals surface area contributed by atoms with Crippen LogP contribution in [0.1, 0.15) is 48.2 Å². The Balaban J connectivity index is 1.74. The molecule has 3 rings (SSSR count). The van der Waals surface area contributed by atoms with Gasteiger partial charge in [0.15, 0.2) is 0 Å². The second kappa shape index (κ2) is 8.95. The number of nitrogens with one attached hydrogen (secondary N) is 1. The van der Waals surface area contributed by atoms with Crippen LogP contribution in [0.5, 0.6) is 0 Å². The molecule has 6 heteroatoms. The number of aromatic nitrogens is 1. The Labute approximate surface area is 165 Å². The standard InChI is InChI=1S/C22H26FN3O2/c1-15-10-17(11-18-6-3-4-8-20(18)23)12-21(25-15)19-7-5-9-26(14-19)22(28)13-24-16(2)27/h3-4,6,8,10,12,19H,5,7,9,11,13-14H2,1-2H3,(H,24,27). The zero-order valence-corrected chi connectivity index (χ0v) is 16.4. The lowest BCUT2D eigenvalue weighted by Crippen LogP contribution is -2.44. The van der Waals surface area contributed by atoms with Crippen molar-refractivity contribution >= 4 is 11.8 Å². The van der Waals surface area contributed by atoms with Crippen molar-refractivity contribution in [3.05, 3.63) is 64.7 Å². The fourth-order valence-electron chi connectivity index (χ4n) is 3.70. The molecular formula is C22H26FN3O2. The molecule has 5 nitrogen and oxygen atoms in total. The minimum Gasteiger partial charge on any atom is -0.347 e. The van der Waals surface area contributed by atoms with Crippen molar-refractivity contribution in [2.75, 3.05) is 19.6 Å². The third kappa shape index (κ3) is 5.15. The number of aryl methyl sites for hydroxylation is 1. The molecule has 2 amide bonds. The Morgan fingerprint density at radius 2 is 2.07 bits per heavy atom. The van der Waals surface area contributed by atoms with E-state index in [2.05, 4.69) is 10.3 Å². The van der Waals surface area contributed by atoms with E-state index in [1.807, 2.05) is 25.1 Å². The van der Waals surface area contributed by atoms with Gasteiger partial charge in [-0.05, 0) is 49.1 Å². The Morgan fingerprint density at radius 3 is 2.82 bits per heavy atom. The lowest BCUT2D eigenvalue weighted by molar-refractivity contribution is -0.133. The van der Waals surface area contributed by atoms with Gasteiger partial charge in [0.25, 0.3) is 0 Å². The maximum absolute atomic E-state index is 14.0. The molecule has 1 aliphatic heterocycles. The predicted molar refractivity (Wildman–Crippen MR) is 105 cm³/mol. The first-order chi connectivity index (χ1) is 13.4. The monoisotopic (exact) mass is 383 g/mol. The van der Waals surface area contributed by atoms with Crippen LogP contribution in [-0.4, -0.2) is 41.3 Å². The molecule has 148 valence electrons. The van der Waals surface area contributed by atoms with E-state index in [0.717, 1.165) is 29.8 Å². The van der Waals surface area contributed by atoms with Crippen molar-refractivity contribution in [1.82, 2.24) is 15.2 Å². The second-order valence-corrected chi connectivity index (χ2v) is 7.40. The highest BCUT2D eigenvalue weighted by atomic mass is 19.1. The van der Waals surface area contributed by atoms with Gasteiger partial charge in [0.05, 0.1) is 6.54 Å². The highest BCUT2D eigenvalue weighted by molar-refractivity contribution is 5.83. The summed E-state index contributed by atoms with van der Waals surface area (Å²) in [6.45, 7) is 4.66. The van der Waals surface area contributed by atoms with Crippen LogP contribution in [0.3, 0.4) is 0 Å². The highest BCUT2D eigenvalue weighted by Gasteiger charge is 2.26.